The highest BCUT2D eigenvalue weighted by molar-refractivity contribution is 7.15. The number of rotatable bonds is 6. The lowest BCUT2D eigenvalue weighted by Crippen LogP contribution is -2.17. The second-order valence-electron chi connectivity index (χ2n) is 4.16. The number of aromatic nitrogens is 1. The Morgan fingerprint density at radius 2 is 2.37 bits per heavy atom. The molecule has 0 radical (unpaired) electrons. The van der Waals surface area contributed by atoms with E-state index in [1.54, 1.807) is 0 Å². The summed E-state index contributed by atoms with van der Waals surface area (Å²) in [6.45, 7) is 2.16. The molecule has 1 aromatic heterocycles. The molecule has 0 aliphatic carbocycles. The van der Waals surface area contributed by atoms with Crippen molar-refractivity contribution in [3.05, 3.63) is 11.1 Å². The number of ether oxygens (including phenoxy) is 2. The van der Waals surface area contributed by atoms with E-state index in [0.29, 0.717) is 31.1 Å². The summed E-state index contributed by atoms with van der Waals surface area (Å²) in [4.78, 5) is 2.97. The van der Waals surface area contributed by atoms with Crippen molar-refractivity contribution in [1.29, 1.82) is 0 Å². The summed E-state index contributed by atoms with van der Waals surface area (Å²) in [7, 11) is 0. The van der Waals surface area contributed by atoms with Crippen LogP contribution in [0.4, 0.5) is 18.3 Å². The molecule has 0 saturated carbocycles. The summed E-state index contributed by atoms with van der Waals surface area (Å²) in [6, 6.07) is 0. The molecular weight excluding hydrogens is 281 g/mol. The molecule has 1 N–H and O–H groups in total. The van der Waals surface area contributed by atoms with Crippen LogP contribution in [0.2, 0.25) is 0 Å². The number of thiazole rings is 1. The van der Waals surface area contributed by atoms with Gasteiger partial charge in [-0.3, -0.25) is 0 Å². The van der Waals surface area contributed by atoms with Crippen LogP contribution in [0.5, 0.6) is 0 Å². The lowest BCUT2D eigenvalue weighted by Gasteiger charge is -2.10. The Labute approximate surface area is 112 Å². The first-order chi connectivity index (χ1) is 9.05. The number of nitrogens with one attached hydrogen (secondary N) is 1. The van der Waals surface area contributed by atoms with Crippen LogP contribution in [0.1, 0.15) is 17.7 Å². The summed E-state index contributed by atoms with van der Waals surface area (Å²) in [5.41, 5.74) is 0. The maximum Gasteiger partial charge on any atom is 0.427 e. The summed E-state index contributed by atoms with van der Waals surface area (Å²) in [6.07, 6.45) is -1.26. The van der Waals surface area contributed by atoms with Gasteiger partial charge in [0.05, 0.1) is 25.5 Å². The minimum atomic E-state index is -4.33. The second-order valence-corrected chi connectivity index (χ2v) is 5.19. The predicted molar refractivity (Wildman–Crippen MR) is 65.4 cm³/mol. The van der Waals surface area contributed by atoms with Crippen LogP contribution in [-0.4, -0.2) is 37.5 Å². The average Bonchev–Trinajstić information content (AvgIpc) is 2.97. The summed E-state index contributed by atoms with van der Waals surface area (Å²) in [5.74, 6) is 0. The molecule has 4 nitrogen and oxygen atoms in total. The minimum absolute atomic E-state index is 0.164. The molecule has 1 aliphatic heterocycles. The quantitative estimate of drug-likeness (QED) is 0.820. The van der Waals surface area contributed by atoms with Crippen LogP contribution < -0.4 is 5.32 Å². The van der Waals surface area contributed by atoms with Gasteiger partial charge in [0, 0.05) is 13.2 Å². The molecule has 8 heteroatoms. The maximum absolute atomic E-state index is 12.3. The van der Waals surface area contributed by atoms with Crippen molar-refractivity contribution in [1.82, 2.24) is 4.98 Å². The van der Waals surface area contributed by atoms with Crippen LogP contribution in [0.3, 0.4) is 0 Å². The van der Waals surface area contributed by atoms with Gasteiger partial charge in [0.2, 0.25) is 0 Å². The van der Waals surface area contributed by atoms with Gasteiger partial charge in [0.1, 0.15) is 4.88 Å². The van der Waals surface area contributed by atoms with Crippen LogP contribution >= 0.6 is 11.3 Å². The van der Waals surface area contributed by atoms with E-state index >= 15 is 0 Å². The zero-order chi connectivity index (χ0) is 13.7. The van der Waals surface area contributed by atoms with Gasteiger partial charge in [0.25, 0.3) is 0 Å². The predicted octanol–water partition coefficient (Wildman–Crippen LogP) is 2.77. The number of hydrogen-bond acceptors (Lipinski definition) is 5. The second kappa shape index (κ2) is 6.53. The standard InChI is InChI=1S/C11H15F3N2O2S/c12-11(13,14)9-6-16-10(19-9)15-3-5-17-7-8-2-1-4-18-8/h6,8H,1-5,7H2,(H,15,16). The lowest BCUT2D eigenvalue weighted by molar-refractivity contribution is -0.134. The van der Waals surface area contributed by atoms with E-state index < -0.39 is 11.1 Å². The van der Waals surface area contributed by atoms with Crippen LogP contribution in [0, 0.1) is 0 Å². The fraction of sp³-hybridized carbons (Fsp3) is 0.727. The van der Waals surface area contributed by atoms with Crippen LogP contribution in [-0.2, 0) is 15.7 Å². The molecule has 2 heterocycles. The van der Waals surface area contributed by atoms with Gasteiger partial charge >= 0.3 is 6.18 Å². The van der Waals surface area contributed by atoms with E-state index in [0.717, 1.165) is 25.6 Å². The summed E-state index contributed by atoms with van der Waals surface area (Å²) >= 11 is 0.596. The molecule has 2 rings (SSSR count). The molecule has 1 saturated heterocycles. The molecule has 0 aromatic carbocycles. The van der Waals surface area contributed by atoms with E-state index in [-0.39, 0.29) is 11.2 Å². The summed E-state index contributed by atoms with van der Waals surface area (Å²) in [5, 5.41) is 3.06. The van der Waals surface area contributed by atoms with Gasteiger partial charge in [-0.25, -0.2) is 4.98 Å². The van der Waals surface area contributed by atoms with Crippen LogP contribution in [0.15, 0.2) is 6.20 Å². The number of anilines is 1. The molecule has 0 amide bonds. The van der Waals surface area contributed by atoms with Crippen molar-refractivity contribution in [2.45, 2.75) is 25.1 Å². The number of nitrogens with zero attached hydrogens (tertiary/aromatic N) is 1. The zero-order valence-corrected chi connectivity index (χ0v) is 11.0. The Morgan fingerprint density at radius 1 is 1.53 bits per heavy atom. The lowest BCUT2D eigenvalue weighted by atomic mass is 10.2. The Bertz CT molecular complexity index is 392. The Hall–Kier alpha value is -0.860. The highest BCUT2D eigenvalue weighted by Crippen LogP contribution is 2.34. The van der Waals surface area contributed by atoms with Crippen molar-refractivity contribution in [2.75, 3.05) is 31.7 Å². The van der Waals surface area contributed by atoms with Gasteiger partial charge in [-0.2, -0.15) is 13.2 Å². The van der Waals surface area contributed by atoms with Gasteiger partial charge < -0.3 is 14.8 Å². The number of hydrogen-bond donors (Lipinski definition) is 1. The first kappa shape index (κ1) is 14.5. The molecule has 108 valence electrons. The summed E-state index contributed by atoms with van der Waals surface area (Å²) < 4.78 is 47.7. The topological polar surface area (TPSA) is 43.4 Å². The van der Waals surface area contributed by atoms with E-state index in [1.807, 2.05) is 0 Å². The third kappa shape index (κ3) is 4.63. The van der Waals surface area contributed by atoms with E-state index in [9.17, 15) is 13.2 Å². The largest absolute Gasteiger partial charge is 0.427 e. The molecule has 1 aliphatic rings. The molecule has 0 spiro atoms. The molecule has 1 fully saturated rings. The van der Waals surface area contributed by atoms with Gasteiger partial charge in [-0.15, -0.1) is 0 Å². The molecule has 0 bridgehead atoms. The third-order valence-corrected chi connectivity index (χ3v) is 3.64. The molecule has 19 heavy (non-hydrogen) atoms. The van der Waals surface area contributed by atoms with Crippen molar-refractivity contribution >= 4 is 16.5 Å². The fourth-order valence-corrected chi connectivity index (χ4v) is 2.42. The first-order valence-corrected chi connectivity index (χ1v) is 6.83. The normalized spacial score (nSPS) is 19.8. The van der Waals surface area contributed by atoms with Crippen molar-refractivity contribution in [2.24, 2.45) is 0 Å². The van der Waals surface area contributed by atoms with Gasteiger partial charge in [-0.1, -0.05) is 11.3 Å². The Kier molecular flexibility index (Phi) is 5.00. The maximum atomic E-state index is 12.3. The number of alkyl halides is 3. The third-order valence-electron chi connectivity index (χ3n) is 2.64. The van der Waals surface area contributed by atoms with E-state index in [4.69, 9.17) is 9.47 Å². The monoisotopic (exact) mass is 296 g/mol. The van der Waals surface area contributed by atoms with E-state index in [2.05, 4.69) is 10.3 Å². The van der Waals surface area contributed by atoms with Gasteiger partial charge in [0.15, 0.2) is 5.13 Å². The first-order valence-electron chi connectivity index (χ1n) is 6.02. The average molecular weight is 296 g/mol. The smallest absolute Gasteiger partial charge is 0.377 e. The fourth-order valence-electron chi connectivity index (χ4n) is 1.71. The zero-order valence-electron chi connectivity index (χ0n) is 10.2. The van der Waals surface area contributed by atoms with Crippen molar-refractivity contribution in [3.63, 3.8) is 0 Å². The number of halogens is 3. The highest BCUT2D eigenvalue weighted by Gasteiger charge is 2.33. The molecular formula is C11H15F3N2O2S. The van der Waals surface area contributed by atoms with Crippen LogP contribution in [0.25, 0.3) is 0 Å². The SMILES string of the molecule is FC(F)(F)c1cnc(NCCOCC2CCCO2)s1. The molecule has 1 atom stereocenters. The highest BCUT2D eigenvalue weighted by atomic mass is 32.1. The Balaban J connectivity index is 1.61. The van der Waals surface area contributed by atoms with E-state index in [1.165, 1.54) is 0 Å². The minimum Gasteiger partial charge on any atom is -0.377 e. The van der Waals surface area contributed by atoms with Crippen molar-refractivity contribution in [3.8, 4) is 0 Å². The van der Waals surface area contributed by atoms with Gasteiger partial charge in [-0.05, 0) is 12.8 Å². The molecule has 1 unspecified atom stereocenters. The Morgan fingerprint density at radius 3 is 3.00 bits per heavy atom. The van der Waals surface area contributed by atoms with Crippen molar-refractivity contribution < 1.29 is 22.6 Å². The molecule has 1 aromatic rings.